The third-order valence-corrected chi connectivity index (χ3v) is 5.11. The van der Waals surface area contributed by atoms with Crippen LogP contribution in [-0.4, -0.2) is 18.4 Å². The molecule has 0 bridgehead atoms. The molecule has 0 aliphatic rings. The zero-order valence-corrected chi connectivity index (χ0v) is 15.2. The van der Waals surface area contributed by atoms with E-state index in [4.69, 9.17) is 28.3 Å². The molecule has 3 rings (SSSR count). The van der Waals surface area contributed by atoms with E-state index in [1.54, 1.807) is 0 Å². The van der Waals surface area contributed by atoms with Crippen molar-refractivity contribution in [1.82, 2.24) is 9.97 Å². The number of nitrogens with two attached hydrogens (primary N) is 1. The van der Waals surface area contributed by atoms with Gasteiger partial charge < -0.3 is 9.97 Å². The van der Waals surface area contributed by atoms with Gasteiger partial charge in [0.15, 0.2) is 0 Å². The van der Waals surface area contributed by atoms with Gasteiger partial charge in [-0.25, -0.2) is 13.6 Å². The Labute approximate surface area is 157 Å². The minimum atomic E-state index is -4.10. The van der Waals surface area contributed by atoms with Gasteiger partial charge in [0.1, 0.15) is 10.0 Å². The van der Waals surface area contributed by atoms with Crippen LogP contribution in [-0.2, 0) is 10.0 Å². The molecule has 0 unspecified atom stereocenters. The van der Waals surface area contributed by atoms with Crippen LogP contribution in [0.2, 0.25) is 10.0 Å². The Morgan fingerprint density at radius 2 is 1.19 bits per heavy atom. The summed E-state index contributed by atoms with van der Waals surface area (Å²) >= 11 is 11.7. The molecule has 0 amide bonds. The first kappa shape index (κ1) is 18.4. The zero-order valence-electron chi connectivity index (χ0n) is 12.9. The number of rotatable bonds is 3. The molecular formula is C16H11Cl2N3O4S. The summed E-state index contributed by atoms with van der Waals surface area (Å²) in [5.41, 5.74) is -0.277. The Hall–Kier alpha value is -2.39. The SMILES string of the molecule is NS(=O)(=O)c1cc(-c2c[nH]cc(Cl)c2=O)cc(-c2c[nH]cc(Cl)c2=O)c1. The van der Waals surface area contributed by atoms with Gasteiger partial charge in [-0.1, -0.05) is 23.2 Å². The molecule has 2 heterocycles. The van der Waals surface area contributed by atoms with Gasteiger partial charge in [0.05, 0.1) is 4.90 Å². The maximum atomic E-state index is 12.3. The molecule has 26 heavy (non-hydrogen) atoms. The van der Waals surface area contributed by atoms with E-state index in [-0.39, 0.29) is 37.2 Å². The number of aromatic amines is 2. The lowest BCUT2D eigenvalue weighted by molar-refractivity contribution is 0.598. The summed E-state index contributed by atoms with van der Waals surface area (Å²) in [4.78, 5) is 29.7. The van der Waals surface area contributed by atoms with Crippen molar-refractivity contribution in [1.29, 1.82) is 0 Å². The Morgan fingerprint density at radius 3 is 1.58 bits per heavy atom. The molecule has 0 aliphatic carbocycles. The number of primary sulfonamides is 1. The second-order valence-corrected chi connectivity index (χ2v) is 7.76. The van der Waals surface area contributed by atoms with Crippen molar-refractivity contribution in [2.24, 2.45) is 5.14 Å². The van der Waals surface area contributed by atoms with Crippen LogP contribution in [0.5, 0.6) is 0 Å². The number of benzene rings is 1. The van der Waals surface area contributed by atoms with Crippen LogP contribution in [0.1, 0.15) is 0 Å². The van der Waals surface area contributed by atoms with Crippen molar-refractivity contribution < 1.29 is 8.42 Å². The van der Waals surface area contributed by atoms with Crippen molar-refractivity contribution in [3.05, 3.63) is 73.5 Å². The van der Waals surface area contributed by atoms with E-state index >= 15 is 0 Å². The molecule has 0 aliphatic heterocycles. The molecule has 134 valence electrons. The number of hydrogen-bond acceptors (Lipinski definition) is 4. The van der Waals surface area contributed by atoms with Crippen LogP contribution < -0.4 is 16.0 Å². The van der Waals surface area contributed by atoms with Crippen LogP contribution in [0, 0.1) is 0 Å². The second kappa shape index (κ2) is 6.73. The summed E-state index contributed by atoms with van der Waals surface area (Å²) in [6.45, 7) is 0. The Bertz CT molecular complexity index is 1150. The van der Waals surface area contributed by atoms with Gasteiger partial charge in [-0.15, -0.1) is 0 Å². The maximum absolute atomic E-state index is 12.3. The fourth-order valence-electron chi connectivity index (χ4n) is 2.42. The van der Waals surface area contributed by atoms with Gasteiger partial charge in [0.2, 0.25) is 20.9 Å². The number of nitrogens with one attached hydrogen (secondary N) is 2. The molecule has 0 saturated heterocycles. The predicted octanol–water partition coefficient (Wildman–Crippen LogP) is 2.35. The number of aromatic nitrogens is 2. The molecule has 0 radical (unpaired) electrons. The zero-order chi connectivity index (χ0) is 19.1. The lowest BCUT2D eigenvalue weighted by Gasteiger charge is -2.09. The van der Waals surface area contributed by atoms with E-state index in [1.807, 2.05) is 0 Å². The summed E-state index contributed by atoms with van der Waals surface area (Å²) in [6.07, 6.45) is 5.36. The molecule has 0 atom stereocenters. The highest BCUT2D eigenvalue weighted by atomic mass is 35.5. The van der Waals surface area contributed by atoms with Gasteiger partial charge in [0, 0.05) is 35.9 Å². The predicted molar refractivity (Wildman–Crippen MR) is 99.9 cm³/mol. The van der Waals surface area contributed by atoms with Crippen LogP contribution >= 0.6 is 23.2 Å². The highest BCUT2D eigenvalue weighted by Gasteiger charge is 2.17. The fourth-order valence-corrected chi connectivity index (χ4v) is 3.33. The standard InChI is InChI=1S/C16H11Cl2N3O4S/c17-13-6-20-4-11(15(13)22)8-1-9(3-10(2-8)26(19,24)25)12-5-21-7-14(18)16(12)23/h1-7H,(H,20,22)(H,21,23)(H2,19,24,25). The monoisotopic (exact) mass is 411 g/mol. The van der Waals surface area contributed by atoms with E-state index in [1.165, 1.54) is 43.0 Å². The lowest BCUT2D eigenvalue weighted by Crippen LogP contribution is -2.14. The van der Waals surface area contributed by atoms with E-state index in [0.29, 0.717) is 0 Å². The topological polar surface area (TPSA) is 126 Å². The van der Waals surface area contributed by atoms with Crippen LogP contribution in [0.25, 0.3) is 22.3 Å². The number of halogens is 2. The van der Waals surface area contributed by atoms with E-state index in [2.05, 4.69) is 9.97 Å². The first-order valence-corrected chi connectivity index (χ1v) is 9.40. The molecular weight excluding hydrogens is 401 g/mol. The first-order valence-electron chi connectivity index (χ1n) is 7.10. The van der Waals surface area contributed by atoms with Crippen molar-refractivity contribution in [2.45, 2.75) is 4.90 Å². The molecule has 10 heteroatoms. The highest BCUT2D eigenvalue weighted by Crippen LogP contribution is 2.27. The van der Waals surface area contributed by atoms with Crippen molar-refractivity contribution in [3.8, 4) is 22.3 Å². The fraction of sp³-hybridized carbons (Fsp3) is 0. The number of sulfonamides is 1. The van der Waals surface area contributed by atoms with Gasteiger partial charge in [-0.2, -0.15) is 0 Å². The number of pyridine rings is 2. The Balaban J connectivity index is 2.37. The van der Waals surface area contributed by atoms with Crippen LogP contribution in [0.15, 0.2) is 57.5 Å². The Kier molecular flexibility index (Phi) is 4.76. The normalized spacial score (nSPS) is 11.5. The van der Waals surface area contributed by atoms with Gasteiger partial charge in [0.25, 0.3) is 0 Å². The van der Waals surface area contributed by atoms with Crippen LogP contribution in [0.3, 0.4) is 0 Å². The molecule has 1 aromatic carbocycles. The van der Waals surface area contributed by atoms with Crippen LogP contribution in [0.4, 0.5) is 0 Å². The van der Waals surface area contributed by atoms with Crippen molar-refractivity contribution >= 4 is 33.2 Å². The largest absolute Gasteiger partial charge is 0.366 e. The molecule has 3 aromatic rings. The van der Waals surface area contributed by atoms with E-state index in [9.17, 15) is 18.0 Å². The van der Waals surface area contributed by atoms with Crippen molar-refractivity contribution in [2.75, 3.05) is 0 Å². The van der Waals surface area contributed by atoms with Crippen molar-refractivity contribution in [3.63, 3.8) is 0 Å². The maximum Gasteiger partial charge on any atom is 0.238 e. The molecule has 0 fully saturated rings. The highest BCUT2D eigenvalue weighted by molar-refractivity contribution is 7.89. The molecule has 7 nitrogen and oxygen atoms in total. The average Bonchev–Trinajstić information content (AvgIpc) is 2.58. The number of hydrogen-bond donors (Lipinski definition) is 3. The lowest BCUT2D eigenvalue weighted by atomic mass is 10.0. The summed E-state index contributed by atoms with van der Waals surface area (Å²) in [5.74, 6) is 0. The third kappa shape index (κ3) is 3.45. The Morgan fingerprint density at radius 1 is 0.769 bits per heavy atom. The first-order chi connectivity index (χ1) is 12.2. The summed E-state index contributed by atoms with van der Waals surface area (Å²) in [7, 11) is -4.10. The van der Waals surface area contributed by atoms with Gasteiger partial charge in [-0.05, 0) is 29.3 Å². The van der Waals surface area contributed by atoms with E-state index < -0.39 is 20.9 Å². The molecule has 2 aromatic heterocycles. The minimum absolute atomic E-state index is 0.0642. The molecule has 0 spiro atoms. The number of H-pyrrole nitrogens is 2. The summed E-state index contributed by atoms with van der Waals surface area (Å²) in [5, 5.41) is 5.11. The molecule has 0 saturated carbocycles. The average molecular weight is 412 g/mol. The third-order valence-electron chi connectivity index (χ3n) is 3.66. The smallest absolute Gasteiger partial charge is 0.238 e. The summed E-state index contributed by atoms with van der Waals surface area (Å²) < 4.78 is 23.7. The minimum Gasteiger partial charge on any atom is -0.366 e. The second-order valence-electron chi connectivity index (χ2n) is 5.38. The van der Waals surface area contributed by atoms with E-state index in [0.717, 1.165) is 0 Å². The van der Waals surface area contributed by atoms with Gasteiger partial charge >= 0.3 is 0 Å². The summed E-state index contributed by atoms with van der Waals surface area (Å²) in [6, 6.07) is 3.95. The van der Waals surface area contributed by atoms with Gasteiger partial charge in [-0.3, -0.25) is 9.59 Å². The quantitative estimate of drug-likeness (QED) is 0.611. The molecule has 4 N–H and O–H groups in total.